The van der Waals surface area contributed by atoms with Gasteiger partial charge in [0, 0.05) is 20.1 Å². The number of hydrogen-bond acceptors (Lipinski definition) is 3. The summed E-state index contributed by atoms with van der Waals surface area (Å²) >= 11 is 0. The highest BCUT2D eigenvalue weighted by Gasteiger charge is 2.18. The molecule has 0 aromatic heterocycles. The molecule has 0 fully saturated rings. The summed E-state index contributed by atoms with van der Waals surface area (Å²) in [6, 6.07) is 0.434. The Balaban J connectivity index is 4.26. The summed E-state index contributed by atoms with van der Waals surface area (Å²) in [6.07, 6.45) is 2.01. The summed E-state index contributed by atoms with van der Waals surface area (Å²) in [6.45, 7) is 6.32. The van der Waals surface area contributed by atoms with Gasteiger partial charge in [0.2, 0.25) is 5.91 Å². The molecule has 0 heterocycles. The van der Waals surface area contributed by atoms with Crippen LogP contribution in [0.3, 0.4) is 0 Å². The van der Waals surface area contributed by atoms with Crippen molar-refractivity contribution in [1.29, 1.82) is 0 Å². The van der Waals surface area contributed by atoms with Crippen molar-refractivity contribution < 1.29 is 4.79 Å². The lowest BCUT2D eigenvalue weighted by Crippen LogP contribution is -2.43. The van der Waals surface area contributed by atoms with Crippen LogP contribution in [0.2, 0.25) is 0 Å². The highest BCUT2D eigenvalue weighted by molar-refractivity contribution is 5.77. The lowest BCUT2D eigenvalue weighted by Gasteiger charge is -2.30. The summed E-state index contributed by atoms with van der Waals surface area (Å²) in [5.41, 5.74) is 5.57. The number of nitrogens with two attached hydrogens (primary N) is 1. The highest BCUT2D eigenvalue weighted by Crippen LogP contribution is 2.07. The van der Waals surface area contributed by atoms with E-state index in [0.717, 1.165) is 19.4 Å². The molecule has 2 N–H and O–H groups in total. The Kier molecular flexibility index (Phi) is 7.34. The minimum absolute atomic E-state index is 0.160. The third-order valence-corrected chi connectivity index (χ3v) is 2.73. The third-order valence-electron chi connectivity index (χ3n) is 2.73. The first-order chi connectivity index (χ1) is 7.06. The van der Waals surface area contributed by atoms with Gasteiger partial charge in [0.05, 0.1) is 6.54 Å². The normalized spacial score (nSPS) is 12.9. The number of likely N-dealkylation sites (N-methyl/N-ethyl adjacent to an activating group) is 2. The fourth-order valence-electron chi connectivity index (χ4n) is 1.65. The second-order valence-electron chi connectivity index (χ2n) is 3.99. The van der Waals surface area contributed by atoms with E-state index in [0.29, 0.717) is 19.1 Å². The Hall–Kier alpha value is -0.610. The Morgan fingerprint density at radius 2 is 1.93 bits per heavy atom. The lowest BCUT2D eigenvalue weighted by molar-refractivity contribution is -0.130. The van der Waals surface area contributed by atoms with Gasteiger partial charge in [-0.15, -0.1) is 0 Å². The molecule has 0 bridgehead atoms. The second kappa shape index (κ2) is 7.65. The molecule has 15 heavy (non-hydrogen) atoms. The van der Waals surface area contributed by atoms with Crippen LogP contribution < -0.4 is 5.73 Å². The van der Waals surface area contributed by atoms with Gasteiger partial charge >= 0.3 is 0 Å². The Morgan fingerprint density at radius 1 is 1.33 bits per heavy atom. The van der Waals surface area contributed by atoms with Gasteiger partial charge < -0.3 is 10.6 Å². The largest absolute Gasteiger partial charge is 0.348 e. The fourth-order valence-corrected chi connectivity index (χ4v) is 1.65. The molecule has 0 aliphatic rings. The molecule has 0 radical (unpaired) electrons. The van der Waals surface area contributed by atoms with Gasteiger partial charge in [0.15, 0.2) is 0 Å². The topological polar surface area (TPSA) is 49.6 Å². The molecule has 4 nitrogen and oxygen atoms in total. The van der Waals surface area contributed by atoms with Gasteiger partial charge in [-0.1, -0.05) is 13.8 Å². The average molecular weight is 215 g/mol. The van der Waals surface area contributed by atoms with Crippen molar-refractivity contribution in [2.75, 3.05) is 33.7 Å². The third kappa shape index (κ3) is 5.14. The Bertz CT molecular complexity index is 183. The van der Waals surface area contributed by atoms with Gasteiger partial charge in [0.1, 0.15) is 0 Å². The molecule has 1 amide bonds. The van der Waals surface area contributed by atoms with Crippen molar-refractivity contribution in [3.05, 3.63) is 0 Å². The van der Waals surface area contributed by atoms with E-state index in [4.69, 9.17) is 5.73 Å². The van der Waals surface area contributed by atoms with Crippen LogP contribution in [0, 0.1) is 0 Å². The molecule has 4 heteroatoms. The summed E-state index contributed by atoms with van der Waals surface area (Å²) in [5, 5.41) is 0. The quantitative estimate of drug-likeness (QED) is 0.674. The Labute approximate surface area is 93.4 Å². The molecule has 0 saturated carbocycles. The fraction of sp³-hybridized carbons (Fsp3) is 0.909. The van der Waals surface area contributed by atoms with Crippen LogP contribution >= 0.6 is 0 Å². The van der Waals surface area contributed by atoms with Crippen LogP contribution in [0.15, 0.2) is 0 Å². The van der Waals surface area contributed by atoms with Crippen molar-refractivity contribution in [2.24, 2.45) is 5.73 Å². The molecule has 1 atom stereocenters. The number of amides is 1. The van der Waals surface area contributed by atoms with Crippen LogP contribution in [-0.4, -0.2) is 55.5 Å². The van der Waals surface area contributed by atoms with Crippen LogP contribution in [-0.2, 0) is 4.79 Å². The molecule has 0 aliphatic carbocycles. The van der Waals surface area contributed by atoms with Crippen LogP contribution in [0.4, 0.5) is 0 Å². The summed E-state index contributed by atoms with van der Waals surface area (Å²) < 4.78 is 0. The zero-order chi connectivity index (χ0) is 11.8. The first-order valence-electron chi connectivity index (χ1n) is 5.71. The molecule has 0 rings (SSSR count). The number of carbonyl (C=O) groups is 1. The van der Waals surface area contributed by atoms with Gasteiger partial charge in [-0.05, 0) is 25.9 Å². The van der Waals surface area contributed by atoms with Crippen LogP contribution in [0.1, 0.15) is 26.7 Å². The first-order valence-corrected chi connectivity index (χ1v) is 5.71. The smallest absolute Gasteiger partial charge is 0.236 e. The molecule has 0 aromatic carbocycles. The summed E-state index contributed by atoms with van der Waals surface area (Å²) in [4.78, 5) is 15.4. The van der Waals surface area contributed by atoms with Gasteiger partial charge in [-0.2, -0.15) is 0 Å². The zero-order valence-electron chi connectivity index (χ0n) is 10.5. The zero-order valence-corrected chi connectivity index (χ0v) is 10.5. The summed E-state index contributed by atoms with van der Waals surface area (Å²) in [7, 11) is 3.58. The van der Waals surface area contributed by atoms with E-state index in [-0.39, 0.29) is 5.91 Å². The van der Waals surface area contributed by atoms with Crippen molar-refractivity contribution in [2.45, 2.75) is 32.7 Å². The molecule has 0 saturated heterocycles. The number of hydrogen-bond donors (Lipinski definition) is 1. The first kappa shape index (κ1) is 14.4. The van der Waals surface area contributed by atoms with E-state index < -0.39 is 0 Å². The monoisotopic (exact) mass is 215 g/mol. The number of rotatable bonds is 7. The number of carbonyl (C=O) groups excluding carboxylic acids is 1. The standard InChI is InChI=1S/C11H25N3O/c1-5-10(7-8-12)14(6-2)9-11(15)13(3)4/h10H,5-9,12H2,1-4H3. The average Bonchev–Trinajstić information content (AvgIpc) is 2.22. The maximum Gasteiger partial charge on any atom is 0.236 e. The molecule has 0 aromatic rings. The molecule has 1 unspecified atom stereocenters. The van der Waals surface area contributed by atoms with Crippen molar-refractivity contribution >= 4 is 5.91 Å². The second-order valence-corrected chi connectivity index (χ2v) is 3.99. The maximum absolute atomic E-state index is 11.6. The molecule has 0 spiro atoms. The molecule has 0 aliphatic heterocycles. The van der Waals surface area contributed by atoms with Crippen molar-refractivity contribution in [3.8, 4) is 0 Å². The van der Waals surface area contributed by atoms with Gasteiger partial charge in [-0.25, -0.2) is 0 Å². The van der Waals surface area contributed by atoms with Gasteiger partial charge in [-0.3, -0.25) is 9.69 Å². The predicted octanol–water partition coefficient (Wildman–Crippen LogP) is 0.524. The minimum Gasteiger partial charge on any atom is -0.348 e. The van der Waals surface area contributed by atoms with Crippen LogP contribution in [0.5, 0.6) is 0 Å². The van der Waals surface area contributed by atoms with E-state index in [9.17, 15) is 4.79 Å². The van der Waals surface area contributed by atoms with Crippen LogP contribution in [0.25, 0.3) is 0 Å². The van der Waals surface area contributed by atoms with E-state index in [2.05, 4.69) is 18.7 Å². The van der Waals surface area contributed by atoms with E-state index in [1.54, 1.807) is 19.0 Å². The lowest BCUT2D eigenvalue weighted by atomic mass is 10.1. The summed E-state index contributed by atoms with van der Waals surface area (Å²) in [5.74, 6) is 0.160. The van der Waals surface area contributed by atoms with Crippen molar-refractivity contribution in [1.82, 2.24) is 9.80 Å². The number of nitrogens with zero attached hydrogens (tertiary/aromatic N) is 2. The maximum atomic E-state index is 11.6. The van der Waals surface area contributed by atoms with Gasteiger partial charge in [0.25, 0.3) is 0 Å². The van der Waals surface area contributed by atoms with E-state index in [1.807, 2.05) is 0 Å². The van der Waals surface area contributed by atoms with E-state index in [1.165, 1.54) is 0 Å². The predicted molar refractivity (Wildman–Crippen MR) is 63.7 cm³/mol. The van der Waals surface area contributed by atoms with E-state index >= 15 is 0 Å². The molecular weight excluding hydrogens is 190 g/mol. The SMILES string of the molecule is CCC(CCN)N(CC)CC(=O)N(C)C. The van der Waals surface area contributed by atoms with Crippen molar-refractivity contribution in [3.63, 3.8) is 0 Å². The molecule has 90 valence electrons. The Morgan fingerprint density at radius 3 is 2.27 bits per heavy atom. The molecular formula is C11H25N3O. The minimum atomic E-state index is 0.160. The highest BCUT2D eigenvalue weighted by atomic mass is 16.2.